The SMILES string of the molecule is CCC(CC)c1nnc(NC(=O)C(C)(C)S(=O)(=O)c2ccc(Br)cc2)s1. The highest BCUT2D eigenvalue weighted by Crippen LogP contribution is 2.31. The van der Waals surface area contributed by atoms with E-state index in [4.69, 9.17) is 0 Å². The van der Waals surface area contributed by atoms with Gasteiger partial charge in [0, 0.05) is 10.4 Å². The number of benzene rings is 1. The molecule has 1 N–H and O–H groups in total. The van der Waals surface area contributed by atoms with E-state index in [0.29, 0.717) is 5.13 Å². The fraction of sp³-hybridized carbons (Fsp3) is 0.471. The average molecular weight is 460 g/mol. The van der Waals surface area contributed by atoms with E-state index in [0.717, 1.165) is 22.3 Å². The Bertz CT molecular complexity index is 873. The Morgan fingerprint density at radius 3 is 2.31 bits per heavy atom. The summed E-state index contributed by atoms with van der Waals surface area (Å²) >= 11 is 4.56. The smallest absolute Gasteiger partial charge is 0.247 e. The Kier molecular flexibility index (Phi) is 6.57. The maximum atomic E-state index is 12.9. The van der Waals surface area contributed by atoms with Gasteiger partial charge >= 0.3 is 0 Å². The molecule has 2 rings (SSSR count). The molecule has 1 heterocycles. The number of hydrogen-bond acceptors (Lipinski definition) is 6. The number of aromatic nitrogens is 2. The molecular weight excluding hydrogens is 438 g/mol. The van der Waals surface area contributed by atoms with Crippen LogP contribution >= 0.6 is 27.3 Å². The minimum atomic E-state index is -3.87. The number of carbonyl (C=O) groups is 1. The molecule has 0 atom stereocenters. The summed E-state index contributed by atoms with van der Waals surface area (Å²) in [4.78, 5) is 12.8. The van der Waals surface area contributed by atoms with Crippen molar-refractivity contribution in [3.63, 3.8) is 0 Å². The van der Waals surface area contributed by atoms with Gasteiger partial charge in [-0.05, 0) is 51.0 Å². The Morgan fingerprint density at radius 2 is 1.77 bits per heavy atom. The summed E-state index contributed by atoms with van der Waals surface area (Å²) in [5.41, 5.74) is 0. The minimum absolute atomic E-state index is 0.0934. The second-order valence-electron chi connectivity index (χ2n) is 6.38. The first-order valence-electron chi connectivity index (χ1n) is 8.28. The second-order valence-corrected chi connectivity index (χ2v) is 10.8. The van der Waals surface area contributed by atoms with Crippen molar-refractivity contribution in [3.8, 4) is 0 Å². The maximum absolute atomic E-state index is 12.9. The van der Waals surface area contributed by atoms with Gasteiger partial charge in [0.1, 0.15) is 9.75 Å². The van der Waals surface area contributed by atoms with Crippen LogP contribution in [0.1, 0.15) is 51.5 Å². The number of amides is 1. The summed E-state index contributed by atoms with van der Waals surface area (Å²) in [6.07, 6.45) is 1.87. The van der Waals surface area contributed by atoms with Crippen LogP contribution in [0, 0.1) is 0 Å². The van der Waals surface area contributed by atoms with Crippen molar-refractivity contribution in [3.05, 3.63) is 33.7 Å². The van der Waals surface area contributed by atoms with Crippen molar-refractivity contribution in [1.82, 2.24) is 10.2 Å². The third kappa shape index (κ3) is 4.15. The summed E-state index contributed by atoms with van der Waals surface area (Å²) in [7, 11) is -3.87. The summed E-state index contributed by atoms with van der Waals surface area (Å²) in [5, 5.41) is 11.9. The molecule has 26 heavy (non-hydrogen) atoms. The van der Waals surface area contributed by atoms with Crippen LogP contribution in [0.15, 0.2) is 33.6 Å². The standard InChI is InChI=1S/C17H22BrN3O3S2/c1-5-11(6-2)14-20-21-16(25-14)19-15(22)17(3,4)26(23,24)13-9-7-12(18)8-10-13/h7-11H,5-6H2,1-4H3,(H,19,21,22). The number of nitrogens with zero attached hydrogens (tertiary/aromatic N) is 2. The molecule has 142 valence electrons. The van der Waals surface area contributed by atoms with Gasteiger partial charge in [-0.2, -0.15) is 0 Å². The monoisotopic (exact) mass is 459 g/mol. The van der Waals surface area contributed by atoms with Crippen molar-refractivity contribution in [2.24, 2.45) is 0 Å². The van der Waals surface area contributed by atoms with E-state index in [1.807, 2.05) is 0 Å². The highest BCUT2D eigenvalue weighted by Gasteiger charge is 2.43. The quantitative estimate of drug-likeness (QED) is 0.662. The molecule has 0 unspecified atom stereocenters. The number of nitrogens with one attached hydrogen (secondary N) is 1. The molecule has 9 heteroatoms. The highest BCUT2D eigenvalue weighted by atomic mass is 79.9. The summed E-state index contributed by atoms with van der Waals surface area (Å²) in [6.45, 7) is 6.93. The number of halogens is 1. The van der Waals surface area contributed by atoms with E-state index >= 15 is 0 Å². The summed E-state index contributed by atoms with van der Waals surface area (Å²) in [6, 6.07) is 6.22. The van der Waals surface area contributed by atoms with Gasteiger partial charge in [-0.3, -0.25) is 10.1 Å². The lowest BCUT2D eigenvalue weighted by molar-refractivity contribution is -0.117. The molecule has 0 fully saturated rings. The van der Waals surface area contributed by atoms with Crippen LogP contribution in [-0.4, -0.2) is 29.3 Å². The van der Waals surface area contributed by atoms with Gasteiger partial charge in [-0.15, -0.1) is 10.2 Å². The number of rotatable bonds is 7. The van der Waals surface area contributed by atoms with Gasteiger partial charge in [-0.25, -0.2) is 8.42 Å². The molecule has 0 saturated carbocycles. The fourth-order valence-corrected chi connectivity index (χ4v) is 5.01. The molecule has 0 aliphatic rings. The van der Waals surface area contributed by atoms with Crippen molar-refractivity contribution in [2.45, 2.75) is 56.1 Å². The van der Waals surface area contributed by atoms with E-state index in [9.17, 15) is 13.2 Å². The molecule has 1 aromatic carbocycles. The lowest BCUT2D eigenvalue weighted by Gasteiger charge is -2.23. The Morgan fingerprint density at radius 1 is 1.19 bits per heavy atom. The van der Waals surface area contributed by atoms with Gasteiger partial charge in [-0.1, -0.05) is 41.1 Å². The van der Waals surface area contributed by atoms with E-state index in [2.05, 4.69) is 45.3 Å². The zero-order valence-corrected chi connectivity index (χ0v) is 18.3. The topological polar surface area (TPSA) is 89.0 Å². The first-order chi connectivity index (χ1) is 12.1. The number of hydrogen-bond donors (Lipinski definition) is 1. The molecule has 0 aliphatic heterocycles. The van der Waals surface area contributed by atoms with Gasteiger partial charge in [0.25, 0.3) is 0 Å². The van der Waals surface area contributed by atoms with E-state index in [1.165, 1.54) is 37.3 Å². The summed E-state index contributed by atoms with van der Waals surface area (Å²) < 4.78 is 24.9. The summed E-state index contributed by atoms with van der Waals surface area (Å²) in [5.74, 6) is -0.342. The lowest BCUT2D eigenvalue weighted by Crippen LogP contribution is -2.44. The maximum Gasteiger partial charge on any atom is 0.247 e. The second kappa shape index (κ2) is 8.14. The van der Waals surface area contributed by atoms with Crippen LogP contribution in [0.4, 0.5) is 5.13 Å². The van der Waals surface area contributed by atoms with E-state index in [1.54, 1.807) is 12.1 Å². The van der Waals surface area contributed by atoms with E-state index in [-0.39, 0.29) is 10.8 Å². The van der Waals surface area contributed by atoms with Crippen LogP contribution in [0.2, 0.25) is 0 Å². The van der Waals surface area contributed by atoms with Crippen molar-refractivity contribution >= 4 is 48.1 Å². The number of anilines is 1. The zero-order valence-electron chi connectivity index (χ0n) is 15.1. The molecule has 0 aliphatic carbocycles. The molecule has 1 amide bonds. The highest BCUT2D eigenvalue weighted by molar-refractivity contribution is 9.10. The molecule has 0 spiro atoms. The Hall–Kier alpha value is -1.32. The van der Waals surface area contributed by atoms with Crippen LogP contribution in [0.25, 0.3) is 0 Å². The zero-order chi connectivity index (χ0) is 19.5. The molecule has 0 saturated heterocycles. The molecule has 0 radical (unpaired) electrons. The van der Waals surface area contributed by atoms with Gasteiger partial charge in [0.15, 0.2) is 9.84 Å². The van der Waals surface area contributed by atoms with Crippen LogP contribution in [0.5, 0.6) is 0 Å². The first-order valence-corrected chi connectivity index (χ1v) is 11.4. The number of sulfone groups is 1. The molecule has 1 aromatic heterocycles. The van der Waals surface area contributed by atoms with E-state index < -0.39 is 20.5 Å². The Labute approximate surface area is 166 Å². The first kappa shape index (κ1) is 21.0. The lowest BCUT2D eigenvalue weighted by atomic mass is 10.1. The molecule has 6 nitrogen and oxygen atoms in total. The normalized spacial score (nSPS) is 12.4. The van der Waals surface area contributed by atoms with Crippen molar-refractivity contribution < 1.29 is 13.2 Å². The van der Waals surface area contributed by atoms with Crippen LogP contribution < -0.4 is 5.32 Å². The molecule has 0 bridgehead atoms. The fourth-order valence-electron chi connectivity index (χ4n) is 2.37. The largest absolute Gasteiger partial charge is 0.299 e. The Balaban J connectivity index is 2.23. The van der Waals surface area contributed by atoms with Gasteiger partial charge in [0.05, 0.1) is 4.90 Å². The number of carbonyl (C=O) groups excluding carboxylic acids is 1. The van der Waals surface area contributed by atoms with Crippen LogP contribution in [0.3, 0.4) is 0 Å². The van der Waals surface area contributed by atoms with Crippen molar-refractivity contribution in [2.75, 3.05) is 5.32 Å². The third-order valence-corrected chi connectivity index (χ3v) is 8.29. The third-order valence-electron chi connectivity index (χ3n) is 4.34. The van der Waals surface area contributed by atoms with Crippen molar-refractivity contribution in [1.29, 1.82) is 0 Å². The van der Waals surface area contributed by atoms with Crippen LogP contribution in [-0.2, 0) is 14.6 Å². The molecular formula is C17H22BrN3O3S2. The minimum Gasteiger partial charge on any atom is -0.299 e. The molecule has 2 aromatic rings. The van der Waals surface area contributed by atoms with Gasteiger partial charge < -0.3 is 0 Å². The predicted octanol–water partition coefficient (Wildman–Crippen LogP) is 4.40. The van der Waals surface area contributed by atoms with Gasteiger partial charge in [0.2, 0.25) is 11.0 Å². The average Bonchev–Trinajstić information content (AvgIpc) is 3.04. The predicted molar refractivity (Wildman–Crippen MR) is 107 cm³/mol.